The lowest BCUT2D eigenvalue weighted by molar-refractivity contribution is -0.134. The van der Waals surface area contributed by atoms with Crippen LogP contribution in [0.25, 0.3) is 0 Å². The van der Waals surface area contributed by atoms with E-state index in [0.29, 0.717) is 23.5 Å². The summed E-state index contributed by atoms with van der Waals surface area (Å²) in [5.41, 5.74) is 1.04. The van der Waals surface area contributed by atoms with Crippen LogP contribution in [0, 0.1) is 0 Å². The Bertz CT molecular complexity index is 422. The van der Waals surface area contributed by atoms with Crippen molar-refractivity contribution >= 4 is 11.3 Å². The lowest BCUT2D eigenvalue weighted by Crippen LogP contribution is -2.21. The first-order valence-corrected chi connectivity index (χ1v) is 7.45. The predicted molar refractivity (Wildman–Crippen MR) is 70.4 cm³/mol. The van der Waals surface area contributed by atoms with Crippen LogP contribution in [-0.2, 0) is 13.0 Å². The van der Waals surface area contributed by atoms with Gasteiger partial charge in [-0.25, -0.2) is 4.98 Å². The molecule has 1 aromatic heterocycles. The van der Waals surface area contributed by atoms with Crippen LogP contribution in [0.4, 0.5) is 13.2 Å². The maximum atomic E-state index is 12.2. The highest BCUT2D eigenvalue weighted by Crippen LogP contribution is 2.43. The summed E-state index contributed by atoms with van der Waals surface area (Å²) in [4.78, 5) is 5.55. The Balaban J connectivity index is 2.02. The number of aryl methyl sites for hydroxylation is 1. The molecule has 0 saturated heterocycles. The van der Waals surface area contributed by atoms with Crippen molar-refractivity contribution in [1.82, 2.24) is 10.3 Å². The number of halogens is 3. The fourth-order valence-electron chi connectivity index (χ4n) is 1.87. The molecule has 1 aromatic rings. The van der Waals surface area contributed by atoms with Gasteiger partial charge in [-0.1, -0.05) is 13.8 Å². The monoisotopic (exact) mass is 292 g/mol. The van der Waals surface area contributed by atoms with E-state index in [-0.39, 0.29) is 6.42 Å². The molecule has 0 aliphatic heterocycles. The molecule has 0 radical (unpaired) electrons. The second kappa shape index (κ2) is 5.79. The van der Waals surface area contributed by atoms with Gasteiger partial charge in [0.2, 0.25) is 0 Å². The molecular weight excluding hydrogens is 273 g/mol. The van der Waals surface area contributed by atoms with Gasteiger partial charge in [-0.2, -0.15) is 13.2 Å². The number of alkyl halides is 3. The van der Waals surface area contributed by atoms with E-state index in [9.17, 15) is 13.2 Å². The van der Waals surface area contributed by atoms with E-state index < -0.39 is 12.6 Å². The van der Waals surface area contributed by atoms with E-state index in [1.807, 2.05) is 0 Å². The average molecular weight is 292 g/mol. The largest absolute Gasteiger partial charge is 0.389 e. The van der Waals surface area contributed by atoms with E-state index in [1.165, 1.54) is 11.3 Å². The lowest BCUT2D eigenvalue weighted by atomic mass is 10.2. The van der Waals surface area contributed by atoms with E-state index in [0.717, 1.165) is 23.4 Å². The Morgan fingerprint density at radius 3 is 2.58 bits per heavy atom. The molecule has 0 unspecified atom stereocenters. The fraction of sp³-hybridized carbons (Fsp3) is 0.769. The highest BCUT2D eigenvalue weighted by Gasteiger charge is 2.31. The van der Waals surface area contributed by atoms with Crippen LogP contribution < -0.4 is 5.32 Å². The molecule has 0 aromatic carbocycles. The molecule has 0 spiro atoms. The average Bonchev–Trinajstić information content (AvgIpc) is 3.04. The molecule has 2 nitrogen and oxygen atoms in total. The minimum atomic E-state index is -4.10. The zero-order valence-electron chi connectivity index (χ0n) is 11.2. The van der Waals surface area contributed by atoms with Gasteiger partial charge in [0.15, 0.2) is 0 Å². The molecule has 0 bridgehead atoms. The number of aromatic nitrogens is 1. The van der Waals surface area contributed by atoms with Crippen molar-refractivity contribution < 1.29 is 13.2 Å². The molecule has 1 N–H and O–H groups in total. The van der Waals surface area contributed by atoms with E-state index in [1.54, 1.807) is 0 Å². The van der Waals surface area contributed by atoms with E-state index in [2.05, 4.69) is 24.1 Å². The van der Waals surface area contributed by atoms with Gasteiger partial charge in [-0.05, 0) is 12.8 Å². The van der Waals surface area contributed by atoms with Crippen molar-refractivity contribution in [3.05, 3.63) is 15.6 Å². The first kappa shape index (κ1) is 14.8. The van der Waals surface area contributed by atoms with Crippen molar-refractivity contribution in [3.63, 3.8) is 0 Å². The van der Waals surface area contributed by atoms with Crippen LogP contribution in [0.2, 0.25) is 0 Å². The summed E-state index contributed by atoms with van der Waals surface area (Å²) < 4.78 is 36.7. The topological polar surface area (TPSA) is 24.9 Å². The SMILES string of the molecule is CC(C)NCc1sc(CCC(F)(F)F)nc1C1CC1. The molecule has 0 atom stereocenters. The van der Waals surface area contributed by atoms with Gasteiger partial charge in [0, 0.05) is 36.2 Å². The highest BCUT2D eigenvalue weighted by atomic mass is 32.1. The molecule has 1 aliphatic rings. The standard InChI is InChI=1S/C13H19F3N2S/c1-8(2)17-7-10-12(9-3-4-9)18-11(19-10)5-6-13(14,15)16/h8-9,17H,3-7H2,1-2H3. The summed E-state index contributed by atoms with van der Waals surface area (Å²) in [7, 11) is 0. The first-order valence-electron chi connectivity index (χ1n) is 6.64. The van der Waals surface area contributed by atoms with Crippen LogP contribution in [0.1, 0.15) is 54.6 Å². The molecule has 6 heteroatoms. The zero-order chi connectivity index (χ0) is 14.0. The van der Waals surface area contributed by atoms with Gasteiger partial charge in [0.25, 0.3) is 0 Å². The van der Waals surface area contributed by atoms with Crippen molar-refractivity contribution in [2.45, 2.75) is 64.2 Å². The Morgan fingerprint density at radius 2 is 2.05 bits per heavy atom. The number of hydrogen-bond acceptors (Lipinski definition) is 3. The Kier molecular flexibility index (Phi) is 4.50. The number of nitrogens with zero attached hydrogens (tertiary/aromatic N) is 1. The van der Waals surface area contributed by atoms with Gasteiger partial charge in [0.1, 0.15) is 0 Å². The summed E-state index contributed by atoms with van der Waals surface area (Å²) in [5, 5.41) is 3.94. The van der Waals surface area contributed by atoms with Crippen LogP contribution in [0.5, 0.6) is 0 Å². The van der Waals surface area contributed by atoms with Crippen molar-refractivity contribution in [2.75, 3.05) is 0 Å². The maximum Gasteiger partial charge on any atom is 0.389 e. The van der Waals surface area contributed by atoms with Gasteiger partial charge in [0.05, 0.1) is 10.7 Å². The lowest BCUT2D eigenvalue weighted by Gasteiger charge is -2.07. The van der Waals surface area contributed by atoms with E-state index in [4.69, 9.17) is 0 Å². The minimum Gasteiger partial charge on any atom is -0.310 e. The third kappa shape index (κ3) is 4.76. The summed E-state index contributed by atoms with van der Waals surface area (Å²) in [6, 6.07) is 0.368. The molecule has 1 aliphatic carbocycles. The normalized spacial score (nSPS) is 16.3. The molecule has 108 valence electrons. The molecular formula is C13H19F3N2S. The number of rotatable bonds is 6. The maximum absolute atomic E-state index is 12.2. The van der Waals surface area contributed by atoms with Gasteiger partial charge in [-0.3, -0.25) is 0 Å². The summed E-state index contributed by atoms with van der Waals surface area (Å²) >= 11 is 1.44. The van der Waals surface area contributed by atoms with Gasteiger partial charge < -0.3 is 5.32 Å². The molecule has 0 amide bonds. The molecule has 1 heterocycles. The van der Waals surface area contributed by atoms with Crippen LogP contribution in [-0.4, -0.2) is 17.2 Å². The Labute approximate surface area is 115 Å². The quantitative estimate of drug-likeness (QED) is 0.857. The van der Waals surface area contributed by atoms with Crippen molar-refractivity contribution in [3.8, 4) is 0 Å². The summed E-state index contributed by atoms with van der Waals surface area (Å²) in [5.74, 6) is 0.486. The van der Waals surface area contributed by atoms with Crippen LogP contribution >= 0.6 is 11.3 Å². The van der Waals surface area contributed by atoms with Crippen molar-refractivity contribution in [1.29, 1.82) is 0 Å². The number of nitrogens with one attached hydrogen (secondary N) is 1. The fourth-order valence-corrected chi connectivity index (χ4v) is 2.97. The van der Waals surface area contributed by atoms with Gasteiger partial charge >= 0.3 is 6.18 Å². The second-order valence-electron chi connectivity index (χ2n) is 5.34. The first-order chi connectivity index (χ1) is 8.85. The third-order valence-electron chi connectivity index (χ3n) is 3.03. The van der Waals surface area contributed by atoms with E-state index >= 15 is 0 Å². The summed E-state index contributed by atoms with van der Waals surface area (Å²) in [6.45, 7) is 4.83. The van der Waals surface area contributed by atoms with Crippen molar-refractivity contribution in [2.24, 2.45) is 0 Å². The summed E-state index contributed by atoms with van der Waals surface area (Å²) in [6.07, 6.45) is -2.62. The zero-order valence-corrected chi connectivity index (χ0v) is 12.0. The van der Waals surface area contributed by atoms with Gasteiger partial charge in [-0.15, -0.1) is 11.3 Å². The second-order valence-corrected chi connectivity index (χ2v) is 6.51. The van der Waals surface area contributed by atoms with Crippen LogP contribution in [0.3, 0.4) is 0 Å². The molecule has 19 heavy (non-hydrogen) atoms. The Morgan fingerprint density at radius 1 is 1.37 bits per heavy atom. The minimum absolute atomic E-state index is 0.00949. The molecule has 1 saturated carbocycles. The predicted octanol–water partition coefficient (Wildman–Crippen LogP) is 4.01. The van der Waals surface area contributed by atoms with Crippen LogP contribution in [0.15, 0.2) is 0 Å². The molecule has 2 rings (SSSR count). The smallest absolute Gasteiger partial charge is 0.310 e. The number of hydrogen-bond donors (Lipinski definition) is 1. The third-order valence-corrected chi connectivity index (χ3v) is 4.16. The number of thiazole rings is 1. The Hall–Kier alpha value is -0.620. The molecule has 1 fully saturated rings. The highest BCUT2D eigenvalue weighted by molar-refractivity contribution is 7.11.